The van der Waals surface area contributed by atoms with Gasteiger partial charge in [-0.2, -0.15) is 9.62 Å². The molecule has 0 aliphatic heterocycles. The number of halogens is 1. The molecule has 0 saturated carbocycles. The van der Waals surface area contributed by atoms with E-state index in [2.05, 4.69) is 17.4 Å². The highest BCUT2D eigenvalue weighted by Crippen LogP contribution is 2.19. The van der Waals surface area contributed by atoms with Crippen LogP contribution in [0, 0.1) is 11.5 Å². The van der Waals surface area contributed by atoms with Gasteiger partial charge in [0.25, 0.3) is 0 Å². The van der Waals surface area contributed by atoms with Crippen LogP contribution in [0.3, 0.4) is 0 Å². The maximum Gasteiger partial charge on any atom is 0.212 e. The smallest absolute Gasteiger partial charge is 0.170 e. The van der Waals surface area contributed by atoms with E-state index in [9.17, 15) is 0 Å². The van der Waals surface area contributed by atoms with Crippen molar-refractivity contribution in [3.63, 3.8) is 0 Å². The molecule has 1 rings (SSSR count). The van der Waals surface area contributed by atoms with E-state index in [-0.39, 0.29) is 10.7 Å². The first kappa shape index (κ1) is 14.0. The fraction of sp³-hybridized carbons (Fsp3) is 0.308. The van der Waals surface area contributed by atoms with E-state index in [1.54, 1.807) is 0 Å². The second-order valence-corrected chi connectivity index (χ2v) is 5.70. The number of hydrogen-bond acceptors (Lipinski definition) is 2. The van der Waals surface area contributed by atoms with Crippen LogP contribution >= 0.6 is 11.6 Å². The molecule has 0 aromatic rings. The highest BCUT2D eigenvalue weighted by molar-refractivity contribution is 7.86. The van der Waals surface area contributed by atoms with E-state index in [0.29, 0.717) is 0 Å². The van der Waals surface area contributed by atoms with Gasteiger partial charge in [0.2, 0.25) is 6.19 Å². The van der Waals surface area contributed by atoms with Crippen molar-refractivity contribution >= 4 is 22.3 Å². The Kier molecular flexibility index (Phi) is 5.96. The van der Waals surface area contributed by atoms with Crippen molar-refractivity contribution in [3.8, 4) is 6.19 Å². The Labute approximate surface area is 110 Å². The second-order valence-electron chi connectivity index (χ2n) is 3.59. The first-order chi connectivity index (χ1) is 8.17. The van der Waals surface area contributed by atoms with Crippen molar-refractivity contribution in [2.45, 2.75) is 13.3 Å². The molecule has 0 aromatic carbocycles. The summed E-state index contributed by atoms with van der Waals surface area (Å²) in [5.74, 6) is 0.793. The topological polar surface area (TPSA) is 36.1 Å². The van der Waals surface area contributed by atoms with E-state index in [0.717, 1.165) is 17.2 Å². The van der Waals surface area contributed by atoms with Crippen LogP contribution in [0.25, 0.3) is 0 Å². The van der Waals surface area contributed by atoms with Gasteiger partial charge in [-0.3, -0.25) is 0 Å². The maximum atomic E-state index is 8.54. The molecule has 1 aliphatic carbocycles. The van der Waals surface area contributed by atoms with E-state index in [4.69, 9.17) is 16.9 Å². The molecule has 0 spiro atoms. The standard InChI is InChI=1S/C13H15ClN2S/c1-3-11-8-13(14)7-5-4-6-12(11)9-17(2)16-10-15/h4-8H,3,9H2,1-2H3/b5-4?,6-4+,7-5+,11-8?,12-6?,12-11?,13-7?,13-8?. The Balaban J connectivity index is 3.07. The summed E-state index contributed by atoms with van der Waals surface area (Å²) in [7, 11) is -0.256. The lowest BCUT2D eigenvalue weighted by Crippen LogP contribution is -2.00. The molecule has 0 radical (unpaired) electrons. The van der Waals surface area contributed by atoms with Crippen molar-refractivity contribution in [1.29, 1.82) is 5.26 Å². The van der Waals surface area contributed by atoms with Crippen LogP contribution in [-0.4, -0.2) is 12.0 Å². The minimum Gasteiger partial charge on any atom is -0.170 e. The summed E-state index contributed by atoms with van der Waals surface area (Å²) >= 11 is 6.06. The molecule has 0 saturated heterocycles. The first-order valence-corrected chi connectivity index (χ1v) is 7.47. The van der Waals surface area contributed by atoms with Crippen molar-refractivity contribution in [2.24, 2.45) is 4.36 Å². The first-order valence-electron chi connectivity index (χ1n) is 5.33. The Morgan fingerprint density at radius 3 is 2.71 bits per heavy atom. The summed E-state index contributed by atoms with van der Waals surface area (Å²) in [5.41, 5.74) is 2.42. The SMILES string of the molecule is CCC1=C(CS(C)=NC#N)/C=C/C=C/C(Cl)=C1. The van der Waals surface area contributed by atoms with Gasteiger partial charge >= 0.3 is 0 Å². The third kappa shape index (κ3) is 4.72. The molecule has 0 heterocycles. The molecule has 4 heteroatoms. The number of hydrogen-bond donors (Lipinski definition) is 0. The Bertz CT molecular complexity index is 476. The van der Waals surface area contributed by atoms with E-state index < -0.39 is 0 Å². The van der Waals surface area contributed by atoms with Crippen molar-refractivity contribution in [1.82, 2.24) is 0 Å². The number of rotatable bonds is 3. The lowest BCUT2D eigenvalue weighted by Gasteiger charge is -2.09. The summed E-state index contributed by atoms with van der Waals surface area (Å²) in [5, 5.41) is 9.28. The lowest BCUT2D eigenvalue weighted by atomic mass is 10.0. The fourth-order valence-electron chi connectivity index (χ4n) is 1.53. The molecule has 2 nitrogen and oxygen atoms in total. The zero-order valence-electron chi connectivity index (χ0n) is 9.98. The largest absolute Gasteiger partial charge is 0.212 e. The van der Waals surface area contributed by atoms with Gasteiger partial charge < -0.3 is 0 Å². The van der Waals surface area contributed by atoms with Crippen LogP contribution in [0.2, 0.25) is 0 Å². The van der Waals surface area contributed by atoms with E-state index in [1.165, 1.54) is 11.1 Å². The quantitative estimate of drug-likeness (QED) is 0.715. The molecule has 0 amide bonds. The molecule has 17 heavy (non-hydrogen) atoms. The molecule has 1 atom stereocenters. The molecule has 0 bridgehead atoms. The van der Waals surface area contributed by atoms with Crippen molar-refractivity contribution < 1.29 is 0 Å². The summed E-state index contributed by atoms with van der Waals surface area (Å²) in [6.45, 7) is 2.10. The predicted octanol–water partition coefficient (Wildman–Crippen LogP) is 3.85. The van der Waals surface area contributed by atoms with Gasteiger partial charge in [-0.05, 0) is 36.0 Å². The van der Waals surface area contributed by atoms with Crippen LogP contribution in [0.1, 0.15) is 13.3 Å². The average Bonchev–Trinajstić information content (AvgIpc) is 2.28. The zero-order valence-corrected chi connectivity index (χ0v) is 11.6. The maximum absolute atomic E-state index is 8.54. The summed E-state index contributed by atoms with van der Waals surface area (Å²) in [6.07, 6.45) is 14.6. The monoisotopic (exact) mass is 266 g/mol. The molecular weight excluding hydrogens is 252 g/mol. The second kappa shape index (κ2) is 7.26. The summed E-state index contributed by atoms with van der Waals surface area (Å²) < 4.78 is 3.85. The Morgan fingerprint density at radius 2 is 2.06 bits per heavy atom. The number of nitriles is 1. The fourth-order valence-corrected chi connectivity index (χ4v) is 2.67. The van der Waals surface area contributed by atoms with E-state index in [1.807, 2.05) is 36.8 Å². The Hall–Kier alpha value is -1.11. The van der Waals surface area contributed by atoms with Gasteiger partial charge in [0, 0.05) is 10.8 Å². The van der Waals surface area contributed by atoms with Crippen LogP contribution < -0.4 is 0 Å². The molecule has 0 aromatic heterocycles. The molecule has 0 N–H and O–H groups in total. The normalized spacial score (nSPS) is 21.2. The van der Waals surface area contributed by atoms with Crippen LogP contribution in [-0.2, 0) is 10.7 Å². The summed E-state index contributed by atoms with van der Waals surface area (Å²) in [4.78, 5) is 0. The third-order valence-corrected chi connectivity index (χ3v) is 3.69. The van der Waals surface area contributed by atoms with Gasteiger partial charge in [0.05, 0.1) is 0 Å². The highest BCUT2D eigenvalue weighted by Gasteiger charge is 2.04. The van der Waals surface area contributed by atoms with E-state index >= 15 is 0 Å². The van der Waals surface area contributed by atoms with Gasteiger partial charge in [-0.25, -0.2) is 0 Å². The molecular formula is C13H15ClN2S. The zero-order chi connectivity index (χ0) is 12.7. The van der Waals surface area contributed by atoms with Crippen LogP contribution in [0.5, 0.6) is 0 Å². The van der Waals surface area contributed by atoms with Gasteiger partial charge in [-0.15, -0.1) is 0 Å². The van der Waals surface area contributed by atoms with Crippen LogP contribution in [0.4, 0.5) is 0 Å². The predicted molar refractivity (Wildman–Crippen MR) is 75.7 cm³/mol. The number of allylic oxidation sites excluding steroid dienone is 7. The van der Waals surface area contributed by atoms with Crippen LogP contribution in [0.15, 0.2) is 50.9 Å². The lowest BCUT2D eigenvalue weighted by molar-refractivity contribution is 1.12. The number of nitrogens with zero attached hydrogens (tertiary/aromatic N) is 2. The molecule has 1 aliphatic rings. The molecule has 1 unspecified atom stereocenters. The van der Waals surface area contributed by atoms with Crippen molar-refractivity contribution in [3.05, 3.63) is 46.6 Å². The van der Waals surface area contributed by atoms with Gasteiger partial charge in [0.15, 0.2) is 0 Å². The summed E-state index contributed by atoms with van der Waals surface area (Å²) in [6, 6.07) is 0. The van der Waals surface area contributed by atoms with Gasteiger partial charge in [0.1, 0.15) is 0 Å². The molecule has 90 valence electrons. The van der Waals surface area contributed by atoms with Gasteiger partial charge in [-0.1, -0.05) is 47.4 Å². The average molecular weight is 267 g/mol. The minimum absolute atomic E-state index is 0.256. The highest BCUT2D eigenvalue weighted by atomic mass is 35.5. The Morgan fingerprint density at radius 1 is 1.35 bits per heavy atom. The molecule has 0 fully saturated rings. The third-order valence-electron chi connectivity index (χ3n) is 2.33. The van der Waals surface area contributed by atoms with Crippen molar-refractivity contribution in [2.75, 3.05) is 12.0 Å². The minimum atomic E-state index is -0.256.